The number of anilines is 1. The van der Waals surface area contributed by atoms with E-state index in [4.69, 9.17) is 15.2 Å². The Bertz CT molecular complexity index is 331. The second-order valence-corrected chi connectivity index (χ2v) is 4.32. The molecule has 1 unspecified atom stereocenters. The van der Waals surface area contributed by atoms with Crippen LogP contribution >= 0.6 is 0 Å². The van der Waals surface area contributed by atoms with Crippen LogP contribution in [0.4, 0.5) is 5.69 Å². The molecule has 4 heteroatoms. The number of hydrogen-bond donors (Lipinski definition) is 2. The minimum Gasteiger partial charge on any atom is -0.383 e. The minimum absolute atomic E-state index is 0.288. The molecule has 0 radical (unpaired) electrons. The zero-order valence-electron chi connectivity index (χ0n) is 11.3. The van der Waals surface area contributed by atoms with Crippen LogP contribution in [0.1, 0.15) is 18.4 Å². The van der Waals surface area contributed by atoms with Gasteiger partial charge in [-0.2, -0.15) is 0 Å². The third-order valence-corrected chi connectivity index (χ3v) is 2.80. The van der Waals surface area contributed by atoms with Crippen LogP contribution in [0.25, 0.3) is 0 Å². The fourth-order valence-corrected chi connectivity index (χ4v) is 1.93. The van der Waals surface area contributed by atoms with Crippen LogP contribution < -0.4 is 11.1 Å². The van der Waals surface area contributed by atoms with Gasteiger partial charge in [-0.25, -0.2) is 0 Å². The lowest BCUT2D eigenvalue weighted by Crippen LogP contribution is -2.26. The maximum atomic E-state index is 5.56. The van der Waals surface area contributed by atoms with Crippen LogP contribution in [0.2, 0.25) is 0 Å². The van der Waals surface area contributed by atoms with Crippen LogP contribution in [-0.4, -0.2) is 33.4 Å². The highest BCUT2D eigenvalue weighted by atomic mass is 16.5. The van der Waals surface area contributed by atoms with Crippen molar-refractivity contribution in [3.63, 3.8) is 0 Å². The number of nitrogens with one attached hydrogen (secondary N) is 1. The van der Waals surface area contributed by atoms with E-state index in [1.807, 2.05) is 12.1 Å². The Balaban J connectivity index is 2.66. The van der Waals surface area contributed by atoms with E-state index in [0.29, 0.717) is 19.8 Å². The average Bonchev–Trinajstić information content (AvgIpc) is 2.39. The zero-order valence-corrected chi connectivity index (χ0v) is 11.3. The van der Waals surface area contributed by atoms with Crippen LogP contribution in [-0.2, 0) is 16.1 Å². The van der Waals surface area contributed by atoms with Crippen molar-refractivity contribution in [3.8, 4) is 0 Å². The number of ether oxygens (including phenoxy) is 2. The lowest BCUT2D eigenvalue weighted by atomic mass is 10.1. The minimum atomic E-state index is 0.288. The summed E-state index contributed by atoms with van der Waals surface area (Å²) in [6.45, 7) is 2.00. The summed E-state index contributed by atoms with van der Waals surface area (Å²) in [7, 11) is 3.43. The van der Waals surface area contributed by atoms with Gasteiger partial charge in [-0.15, -0.1) is 0 Å². The summed E-state index contributed by atoms with van der Waals surface area (Å²) in [5.41, 5.74) is 7.83. The Morgan fingerprint density at radius 3 is 2.67 bits per heavy atom. The summed E-state index contributed by atoms with van der Waals surface area (Å²) in [4.78, 5) is 0. The SMILES string of the molecule is COCc1ccccc1NC(CCCN)COC. The molecular weight excluding hydrogens is 228 g/mol. The van der Waals surface area contributed by atoms with Gasteiger partial charge < -0.3 is 20.5 Å². The Morgan fingerprint density at radius 1 is 1.22 bits per heavy atom. The van der Waals surface area contributed by atoms with E-state index in [2.05, 4.69) is 17.4 Å². The van der Waals surface area contributed by atoms with Crippen molar-refractivity contribution in [2.75, 3.05) is 32.7 Å². The first-order chi connectivity index (χ1) is 8.81. The van der Waals surface area contributed by atoms with E-state index >= 15 is 0 Å². The van der Waals surface area contributed by atoms with Crippen molar-refractivity contribution < 1.29 is 9.47 Å². The largest absolute Gasteiger partial charge is 0.383 e. The molecule has 0 bridgehead atoms. The van der Waals surface area contributed by atoms with E-state index in [0.717, 1.165) is 24.1 Å². The van der Waals surface area contributed by atoms with E-state index in [-0.39, 0.29) is 6.04 Å². The van der Waals surface area contributed by atoms with Crippen molar-refractivity contribution in [2.24, 2.45) is 5.73 Å². The second-order valence-electron chi connectivity index (χ2n) is 4.32. The molecule has 0 spiro atoms. The Morgan fingerprint density at radius 2 is 2.00 bits per heavy atom. The molecule has 0 amide bonds. The molecule has 0 saturated heterocycles. The molecule has 0 aliphatic heterocycles. The number of para-hydroxylation sites is 1. The lowest BCUT2D eigenvalue weighted by Gasteiger charge is -2.21. The van der Waals surface area contributed by atoms with Crippen molar-refractivity contribution in [1.29, 1.82) is 0 Å². The van der Waals surface area contributed by atoms with Gasteiger partial charge in [0.1, 0.15) is 0 Å². The predicted molar refractivity (Wildman–Crippen MR) is 74.7 cm³/mol. The summed E-state index contributed by atoms with van der Waals surface area (Å²) >= 11 is 0. The third kappa shape index (κ3) is 5.04. The van der Waals surface area contributed by atoms with Gasteiger partial charge in [0.05, 0.1) is 13.2 Å². The van der Waals surface area contributed by atoms with E-state index < -0.39 is 0 Å². The second kappa shape index (κ2) is 8.91. The number of benzene rings is 1. The molecular formula is C14H24N2O2. The smallest absolute Gasteiger partial charge is 0.0733 e. The summed E-state index contributed by atoms with van der Waals surface area (Å²) in [5, 5.41) is 3.51. The van der Waals surface area contributed by atoms with Gasteiger partial charge in [-0.1, -0.05) is 18.2 Å². The molecule has 0 saturated carbocycles. The number of nitrogens with two attached hydrogens (primary N) is 1. The highest BCUT2D eigenvalue weighted by Crippen LogP contribution is 2.18. The normalized spacial score (nSPS) is 12.4. The summed E-state index contributed by atoms with van der Waals surface area (Å²) in [6, 6.07) is 8.47. The van der Waals surface area contributed by atoms with Gasteiger partial charge in [0.15, 0.2) is 0 Å². The number of methoxy groups -OCH3 is 2. The molecule has 0 aliphatic carbocycles. The molecule has 1 aromatic carbocycles. The fourth-order valence-electron chi connectivity index (χ4n) is 1.93. The van der Waals surface area contributed by atoms with Gasteiger partial charge in [0, 0.05) is 31.5 Å². The maximum absolute atomic E-state index is 5.56. The number of rotatable bonds is 9. The summed E-state index contributed by atoms with van der Waals surface area (Å²) in [5.74, 6) is 0. The molecule has 0 aromatic heterocycles. The molecule has 18 heavy (non-hydrogen) atoms. The Labute approximate surface area is 109 Å². The zero-order chi connectivity index (χ0) is 13.2. The van der Waals surface area contributed by atoms with Crippen LogP contribution in [0.3, 0.4) is 0 Å². The van der Waals surface area contributed by atoms with E-state index in [1.165, 1.54) is 0 Å². The molecule has 1 aromatic rings. The topological polar surface area (TPSA) is 56.5 Å². The molecule has 1 atom stereocenters. The Kier molecular flexibility index (Phi) is 7.41. The molecule has 0 fully saturated rings. The first kappa shape index (κ1) is 15.0. The van der Waals surface area contributed by atoms with Gasteiger partial charge >= 0.3 is 0 Å². The first-order valence-corrected chi connectivity index (χ1v) is 6.34. The molecule has 102 valence electrons. The third-order valence-electron chi connectivity index (χ3n) is 2.80. The quantitative estimate of drug-likeness (QED) is 0.706. The van der Waals surface area contributed by atoms with Gasteiger partial charge in [-0.05, 0) is 25.5 Å². The number of hydrogen-bond acceptors (Lipinski definition) is 4. The molecule has 0 heterocycles. The maximum Gasteiger partial charge on any atom is 0.0733 e. The van der Waals surface area contributed by atoms with E-state index in [9.17, 15) is 0 Å². The fraction of sp³-hybridized carbons (Fsp3) is 0.571. The molecule has 0 aliphatic rings. The van der Waals surface area contributed by atoms with Crippen LogP contribution in [0.5, 0.6) is 0 Å². The van der Waals surface area contributed by atoms with Crippen LogP contribution in [0.15, 0.2) is 24.3 Å². The van der Waals surface area contributed by atoms with Crippen molar-refractivity contribution >= 4 is 5.69 Å². The van der Waals surface area contributed by atoms with Crippen molar-refractivity contribution in [2.45, 2.75) is 25.5 Å². The monoisotopic (exact) mass is 252 g/mol. The first-order valence-electron chi connectivity index (χ1n) is 6.34. The molecule has 4 nitrogen and oxygen atoms in total. The van der Waals surface area contributed by atoms with E-state index in [1.54, 1.807) is 14.2 Å². The van der Waals surface area contributed by atoms with Crippen molar-refractivity contribution in [3.05, 3.63) is 29.8 Å². The van der Waals surface area contributed by atoms with Crippen molar-refractivity contribution in [1.82, 2.24) is 0 Å². The van der Waals surface area contributed by atoms with Crippen LogP contribution in [0, 0.1) is 0 Å². The van der Waals surface area contributed by atoms with Gasteiger partial charge in [-0.3, -0.25) is 0 Å². The Hall–Kier alpha value is -1.10. The summed E-state index contributed by atoms with van der Waals surface area (Å²) < 4.78 is 10.4. The average molecular weight is 252 g/mol. The molecule has 1 rings (SSSR count). The highest BCUT2D eigenvalue weighted by Gasteiger charge is 2.10. The van der Waals surface area contributed by atoms with Gasteiger partial charge in [0.25, 0.3) is 0 Å². The summed E-state index contributed by atoms with van der Waals surface area (Å²) in [6.07, 6.45) is 2.00. The van der Waals surface area contributed by atoms with Gasteiger partial charge in [0.2, 0.25) is 0 Å². The highest BCUT2D eigenvalue weighted by molar-refractivity contribution is 5.51. The predicted octanol–water partition coefficient (Wildman–Crippen LogP) is 2.00. The molecule has 3 N–H and O–H groups in total. The lowest BCUT2D eigenvalue weighted by molar-refractivity contribution is 0.180. The standard InChI is InChI=1S/C14H24N2O2/c1-17-10-12-6-3-4-8-14(12)16-13(11-18-2)7-5-9-15/h3-4,6,8,13,16H,5,7,9-11,15H2,1-2H3.